The number of aromatic nitrogens is 1. The van der Waals surface area contributed by atoms with E-state index in [2.05, 4.69) is 15.0 Å². The number of carbonyl (C=O) groups is 2. The van der Waals surface area contributed by atoms with Gasteiger partial charge in [0, 0.05) is 18.5 Å². The molecule has 1 atom stereocenters. The van der Waals surface area contributed by atoms with Crippen LogP contribution in [-0.4, -0.2) is 22.9 Å². The summed E-state index contributed by atoms with van der Waals surface area (Å²) in [6.45, 7) is 1.73. The van der Waals surface area contributed by atoms with Crippen LogP contribution in [-0.2, 0) is 0 Å². The van der Waals surface area contributed by atoms with Crippen LogP contribution >= 0.6 is 0 Å². The number of ketones is 1. The molecule has 0 saturated heterocycles. The van der Waals surface area contributed by atoms with Gasteiger partial charge in [-0.15, -0.1) is 0 Å². The molecule has 1 N–H and O–H groups in total. The highest BCUT2D eigenvalue weighted by Gasteiger charge is 2.17. The Balaban J connectivity index is 1.87. The average molecular weight is 248 g/mol. The minimum Gasteiger partial charge on any atom is -0.461 e. The molecule has 94 valence electrons. The summed E-state index contributed by atoms with van der Waals surface area (Å²) in [6, 6.07) is 4.38. The fraction of sp³-hybridized carbons (Fsp3) is 0.250. The van der Waals surface area contributed by atoms with Crippen LogP contribution in [0.3, 0.4) is 0 Å². The maximum Gasteiger partial charge on any atom is 0.273 e. The van der Waals surface area contributed by atoms with E-state index in [9.17, 15) is 9.59 Å². The third-order valence-corrected chi connectivity index (χ3v) is 2.34. The fourth-order valence-electron chi connectivity index (χ4n) is 1.49. The molecular weight excluding hydrogens is 236 g/mol. The largest absolute Gasteiger partial charge is 0.461 e. The van der Waals surface area contributed by atoms with Crippen LogP contribution in [0.1, 0.15) is 34.4 Å². The second-order valence-electron chi connectivity index (χ2n) is 3.86. The van der Waals surface area contributed by atoms with E-state index in [0.29, 0.717) is 0 Å². The predicted molar refractivity (Wildman–Crippen MR) is 61.1 cm³/mol. The molecule has 18 heavy (non-hydrogen) atoms. The zero-order valence-electron chi connectivity index (χ0n) is 9.75. The number of nitrogens with one attached hydrogen (secondary N) is 1. The van der Waals surface area contributed by atoms with Crippen LogP contribution in [0.15, 0.2) is 39.7 Å². The van der Waals surface area contributed by atoms with Gasteiger partial charge in [0.15, 0.2) is 17.2 Å². The zero-order chi connectivity index (χ0) is 13.0. The molecule has 2 rings (SSSR count). The van der Waals surface area contributed by atoms with Crippen LogP contribution in [0.4, 0.5) is 0 Å². The first-order valence-electron chi connectivity index (χ1n) is 5.45. The van der Waals surface area contributed by atoms with Gasteiger partial charge in [-0.3, -0.25) is 9.59 Å². The minimum absolute atomic E-state index is 0.159. The van der Waals surface area contributed by atoms with Crippen molar-refractivity contribution in [3.63, 3.8) is 0 Å². The summed E-state index contributed by atoms with van der Waals surface area (Å²) in [4.78, 5) is 23.3. The SMILES string of the molecule is C[C@@H](CC(=O)c1ccco1)NC(=O)c1ccon1. The highest BCUT2D eigenvalue weighted by atomic mass is 16.5. The average Bonchev–Trinajstić information content (AvgIpc) is 3.02. The molecule has 0 fully saturated rings. The van der Waals surface area contributed by atoms with Gasteiger partial charge in [-0.1, -0.05) is 5.16 Å². The third kappa shape index (κ3) is 2.85. The lowest BCUT2D eigenvalue weighted by Gasteiger charge is -2.10. The summed E-state index contributed by atoms with van der Waals surface area (Å²) in [6.07, 6.45) is 2.91. The summed E-state index contributed by atoms with van der Waals surface area (Å²) in [5, 5.41) is 6.16. The van der Waals surface area contributed by atoms with Crippen molar-refractivity contribution in [1.29, 1.82) is 0 Å². The third-order valence-electron chi connectivity index (χ3n) is 2.34. The smallest absolute Gasteiger partial charge is 0.273 e. The summed E-state index contributed by atoms with van der Waals surface area (Å²) in [7, 11) is 0. The molecule has 0 unspecified atom stereocenters. The Kier molecular flexibility index (Phi) is 3.57. The Morgan fingerprint density at radius 1 is 1.39 bits per heavy atom. The van der Waals surface area contributed by atoms with E-state index in [1.54, 1.807) is 19.1 Å². The summed E-state index contributed by atoms with van der Waals surface area (Å²) >= 11 is 0. The Bertz CT molecular complexity index is 468. The van der Waals surface area contributed by atoms with E-state index < -0.39 is 0 Å². The van der Waals surface area contributed by atoms with Gasteiger partial charge in [0.25, 0.3) is 5.91 Å². The quantitative estimate of drug-likeness (QED) is 0.813. The van der Waals surface area contributed by atoms with Crippen molar-refractivity contribution in [2.75, 3.05) is 0 Å². The first kappa shape index (κ1) is 12.1. The molecule has 2 aromatic rings. The van der Waals surface area contributed by atoms with Crippen LogP contribution < -0.4 is 5.32 Å². The minimum atomic E-state index is -0.372. The molecule has 2 aromatic heterocycles. The molecule has 0 aliphatic rings. The molecule has 6 heteroatoms. The van der Waals surface area contributed by atoms with E-state index in [1.165, 1.54) is 18.6 Å². The Morgan fingerprint density at radius 3 is 2.83 bits per heavy atom. The van der Waals surface area contributed by atoms with E-state index >= 15 is 0 Å². The Morgan fingerprint density at radius 2 is 2.22 bits per heavy atom. The van der Waals surface area contributed by atoms with Crippen molar-refractivity contribution in [3.05, 3.63) is 42.2 Å². The normalized spacial score (nSPS) is 12.1. The number of nitrogens with zero attached hydrogens (tertiary/aromatic N) is 1. The molecule has 0 saturated carbocycles. The summed E-state index contributed by atoms with van der Waals surface area (Å²) in [5.74, 6) is -0.242. The Hall–Kier alpha value is -2.37. The lowest BCUT2D eigenvalue weighted by molar-refractivity contribution is 0.0901. The number of Topliss-reactive ketones (excluding diaryl/α,β-unsaturated/α-hetero) is 1. The van der Waals surface area contributed by atoms with Crippen LogP contribution in [0.25, 0.3) is 0 Å². The zero-order valence-corrected chi connectivity index (χ0v) is 9.75. The molecule has 0 aromatic carbocycles. The fourth-order valence-corrected chi connectivity index (χ4v) is 1.49. The number of amides is 1. The van der Waals surface area contributed by atoms with Crippen LogP contribution in [0.2, 0.25) is 0 Å². The maximum absolute atomic E-state index is 11.7. The molecular formula is C12H12N2O4. The van der Waals surface area contributed by atoms with Gasteiger partial charge in [0.05, 0.1) is 6.26 Å². The first-order valence-corrected chi connectivity index (χ1v) is 5.45. The van der Waals surface area contributed by atoms with Gasteiger partial charge < -0.3 is 14.3 Å². The van der Waals surface area contributed by atoms with Crippen LogP contribution in [0.5, 0.6) is 0 Å². The molecule has 1 amide bonds. The van der Waals surface area contributed by atoms with Gasteiger partial charge >= 0.3 is 0 Å². The second-order valence-corrected chi connectivity index (χ2v) is 3.86. The molecule has 0 bridgehead atoms. The first-order chi connectivity index (χ1) is 8.66. The maximum atomic E-state index is 11.7. The van der Waals surface area contributed by atoms with E-state index in [0.717, 1.165) is 0 Å². The molecule has 2 heterocycles. The van der Waals surface area contributed by atoms with Crippen molar-refractivity contribution in [2.45, 2.75) is 19.4 Å². The van der Waals surface area contributed by atoms with Crippen molar-refractivity contribution in [2.24, 2.45) is 0 Å². The number of furan rings is 1. The molecule has 0 radical (unpaired) electrons. The number of rotatable bonds is 5. The van der Waals surface area contributed by atoms with Gasteiger partial charge in [0.2, 0.25) is 0 Å². The summed E-state index contributed by atoms with van der Waals surface area (Å²) in [5.41, 5.74) is 0.187. The lowest BCUT2D eigenvalue weighted by Crippen LogP contribution is -2.34. The molecule has 0 aliphatic heterocycles. The standard InChI is InChI=1S/C12H12N2O4/c1-8(7-10(15)11-3-2-5-17-11)13-12(16)9-4-6-18-14-9/h2-6,8H,7H2,1H3,(H,13,16)/t8-/m0/s1. The van der Waals surface area contributed by atoms with E-state index in [-0.39, 0.29) is 35.6 Å². The van der Waals surface area contributed by atoms with Crippen molar-refractivity contribution in [1.82, 2.24) is 10.5 Å². The van der Waals surface area contributed by atoms with Crippen molar-refractivity contribution < 1.29 is 18.5 Å². The number of hydrogen-bond acceptors (Lipinski definition) is 5. The van der Waals surface area contributed by atoms with Gasteiger partial charge in [-0.2, -0.15) is 0 Å². The highest BCUT2D eigenvalue weighted by molar-refractivity contribution is 5.95. The monoisotopic (exact) mass is 248 g/mol. The van der Waals surface area contributed by atoms with Crippen LogP contribution in [0, 0.1) is 0 Å². The second kappa shape index (κ2) is 5.31. The van der Waals surface area contributed by atoms with Gasteiger partial charge in [0.1, 0.15) is 6.26 Å². The van der Waals surface area contributed by atoms with Crippen molar-refractivity contribution >= 4 is 11.7 Å². The van der Waals surface area contributed by atoms with E-state index in [4.69, 9.17) is 4.42 Å². The Labute approximate surface area is 103 Å². The van der Waals surface area contributed by atoms with Crippen molar-refractivity contribution in [3.8, 4) is 0 Å². The predicted octanol–water partition coefficient (Wildman–Crippen LogP) is 1.66. The van der Waals surface area contributed by atoms with Gasteiger partial charge in [-0.05, 0) is 19.1 Å². The topological polar surface area (TPSA) is 85.3 Å². The highest BCUT2D eigenvalue weighted by Crippen LogP contribution is 2.06. The number of carbonyl (C=O) groups excluding carboxylic acids is 2. The molecule has 6 nitrogen and oxygen atoms in total. The summed E-state index contributed by atoms with van der Waals surface area (Å²) < 4.78 is 9.55. The molecule has 0 aliphatic carbocycles. The lowest BCUT2D eigenvalue weighted by atomic mass is 10.1. The number of hydrogen-bond donors (Lipinski definition) is 1. The molecule has 0 spiro atoms. The van der Waals surface area contributed by atoms with E-state index in [1.807, 2.05) is 0 Å². The van der Waals surface area contributed by atoms with Gasteiger partial charge in [-0.25, -0.2) is 0 Å².